The van der Waals surface area contributed by atoms with E-state index >= 15 is 0 Å². The topological polar surface area (TPSA) is 140 Å². The number of aromatic nitrogens is 7. The summed E-state index contributed by atoms with van der Waals surface area (Å²) in [4.78, 5) is 13.5. The minimum absolute atomic E-state index is 0.0143. The van der Waals surface area contributed by atoms with Gasteiger partial charge in [0, 0.05) is 29.9 Å². The second-order valence-electron chi connectivity index (χ2n) is 8.05. The van der Waals surface area contributed by atoms with Gasteiger partial charge in [-0.1, -0.05) is 0 Å². The van der Waals surface area contributed by atoms with Crippen molar-refractivity contribution in [2.75, 3.05) is 17.2 Å². The third-order valence-electron chi connectivity index (χ3n) is 5.59. The van der Waals surface area contributed by atoms with E-state index in [1.54, 1.807) is 18.6 Å². The number of aliphatic hydroxyl groups is 1. The summed E-state index contributed by atoms with van der Waals surface area (Å²) in [5.74, 6) is 1.79. The first-order valence-electron chi connectivity index (χ1n) is 10.2. The van der Waals surface area contributed by atoms with Gasteiger partial charge in [0.25, 0.3) is 5.89 Å². The number of nitrogens with one attached hydrogen (secondary N) is 2. The molecule has 0 spiro atoms. The fourth-order valence-corrected chi connectivity index (χ4v) is 3.70. The number of fused-ring (bicyclic) bond motifs is 1. The van der Waals surface area contributed by atoms with Crippen molar-refractivity contribution in [2.24, 2.45) is 0 Å². The minimum Gasteiger partial charge on any atom is -0.423 e. The minimum atomic E-state index is -0.401. The summed E-state index contributed by atoms with van der Waals surface area (Å²) >= 11 is 0. The molecule has 5 rings (SSSR count). The van der Waals surface area contributed by atoms with Crippen molar-refractivity contribution in [1.82, 2.24) is 34.9 Å². The van der Waals surface area contributed by atoms with Gasteiger partial charge in [-0.2, -0.15) is 10.1 Å². The molecule has 0 atom stereocenters. The average molecular weight is 421 g/mol. The monoisotopic (exact) mass is 421 g/mol. The van der Waals surface area contributed by atoms with E-state index in [-0.39, 0.29) is 12.6 Å². The lowest BCUT2D eigenvalue weighted by molar-refractivity contribution is 0.144. The van der Waals surface area contributed by atoms with Crippen LogP contribution < -0.4 is 10.6 Å². The Balaban J connectivity index is 1.49. The molecule has 3 N–H and O–H groups in total. The zero-order valence-corrected chi connectivity index (χ0v) is 17.3. The van der Waals surface area contributed by atoms with Gasteiger partial charge in [0.15, 0.2) is 0 Å². The maximum Gasteiger partial charge on any atom is 0.252 e. The Labute approximate surface area is 178 Å². The maximum absolute atomic E-state index is 9.88. The maximum atomic E-state index is 9.88. The number of nitrogens with zero attached hydrogens (tertiary/aromatic N) is 7. The third-order valence-corrected chi connectivity index (χ3v) is 5.59. The van der Waals surface area contributed by atoms with Crippen molar-refractivity contribution in [3.8, 4) is 11.5 Å². The first-order chi connectivity index (χ1) is 15.1. The summed E-state index contributed by atoms with van der Waals surface area (Å²) in [5, 5.41) is 29.5. The normalized spacial score (nSPS) is 15.2. The molecular weight excluding hydrogens is 398 g/mol. The van der Waals surface area contributed by atoms with Gasteiger partial charge in [-0.25, -0.2) is 9.97 Å². The highest BCUT2D eigenvalue weighted by Crippen LogP contribution is 2.37. The summed E-state index contributed by atoms with van der Waals surface area (Å²) < 4.78 is 7.29. The Hall–Kier alpha value is -3.60. The molecule has 4 aromatic heterocycles. The van der Waals surface area contributed by atoms with Crippen LogP contribution in [0.15, 0.2) is 35.5 Å². The largest absolute Gasteiger partial charge is 0.423 e. The van der Waals surface area contributed by atoms with Gasteiger partial charge in [-0.05, 0) is 33.1 Å². The number of hydrogen-bond acceptors (Lipinski definition) is 10. The molecule has 31 heavy (non-hydrogen) atoms. The molecule has 0 radical (unpaired) electrons. The summed E-state index contributed by atoms with van der Waals surface area (Å²) in [6.07, 6.45) is 9.21. The Morgan fingerprint density at radius 3 is 2.77 bits per heavy atom. The van der Waals surface area contributed by atoms with Crippen LogP contribution in [0.1, 0.15) is 39.2 Å². The zero-order valence-electron chi connectivity index (χ0n) is 17.3. The summed E-state index contributed by atoms with van der Waals surface area (Å²) in [6.45, 7) is 4.17. The molecule has 4 aromatic rings. The Bertz CT molecular complexity index is 1190. The van der Waals surface area contributed by atoms with Crippen LogP contribution in [0.25, 0.3) is 22.4 Å². The van der Waals surface area contributed by atoms with Gasteiger partial charge in [-0.15, -0.1) is 10.2 Å². The zero-order chi connectivity index (χ0) is 21.4. The van der Waals surface area contributed by atoms with Crippen molar-refractivity contribution < 1.29 is 9.52 Å². The van der Waals surface area contributed by atoms with Gasteiger partial charge >= 0.3 is 0 Å². The van der Waals surface area contributed by atoms with E-state index in [4.69, 9.17) is 4.42 Å². The Morgan fingerprint density at radius 2 is 2.10 bits per heavy atom. The highest BCUT2D eigenvalue weighted by Gasteiger charge is 2.37. The second-order valence-corrected chi connectivity index (χ2v) is 8.05. The van der Waals surface area contributed by atoms with Crippen molar-refractivity contribution in [1.29, 1.82) is 0 Å². The van der Waals surface area contributed by atoms with E-state index < -0.39 is 5.54 Å². The van der Waals surface area contributed by atoms with Crippen molar-refractivity contribution >= 4 is 28.5 Å². The molecular formula is C20H23N9O2. The van der Waals surface area contributed by atoms with Crippen LogP contribution in [0.4, 0.5) is 17.6 Å². The first-order valence-corrected chi connectivity index (χ1v) is 10.2. The number of pyridine rings is 1. The molecule has 11 heteroatoms. The number of aliphatic hydroxyl groups excluding tert-OH is 1. The van der Waals surface area contributed by atoms with Crippen LogP contribution in [0.2, 0.25) is 0 Å². The SMILES string of the molecule is CC(C)n1ncc2cnc(Nc3ncc(-c4nnco4)c(NC4(CO)CCC4)n3)cc21. The Morgan fingerprint density at radius 1 is 1.23 bits per heavy atom. The van der Waals surface area contributed by atoms with Crippen molar-refractivity contribution in [3.63, 3.8) is 0 Å². The molecule has 0 bridgehead atoms. The van der Waals surface area contributed by atoms with Gasteiger partial charge in [0.2, 0.25) is 12.3 Å². The molecule has 1 fully saturated rings. The highest BCUT2D eigenvalue weighted by molar-refractivity contribution is 5.81. The standard InChI is InChI=1S/C20H23N9O2/c1-12(2)29-15-6-16(21-7-13(15)8-24-29)25-19-22-9-14(18-28-23-11-31-18)17(26-19)27-20(10-30)4-3-5-20/h6-9,11-12,30H,3-5,10H2,1-2H3,(H2,21,22,25,26,27). The molecule has 1 aliphatic rings. The fourth-order valence-electron chi connectivity index (χ4n) is 3.70. The van der Waals surface area contributed by atoms with Gasteiger partial charge in [0.05, 0.1) is 29.4 Å². The Kier molecular flexibility index (Phi) is 4.74. The summed E-state index contributed by atoms with van der Waals surface area (Å²) in [6, 6.07) is 2.15. The highest BCUT2D eigenvalue weighted by atomic mass is 16.4. The molecule has 160 valence electrons. The van der Waals surface area contributed by atoms with Crippen LogP contribution in [0.3, 0.4) is 0 Å². The van der Waals surface area contributed by atoms with E-state index in [0.29, 0.717) is 29.0 Å². The van der Waals surface area contributed by atoms with Crippen molar-refractivity contribution in [2.45, 2.75) is 44.7 Å². The smallest absolute Gasteiger partial charge is 0.252 e. The van der Waals surface area contributed by atoms with E-state index in [1.165, 1.54) is 6.39 Å². The predicted octanol–water partition coefficient (Wildman–Crippen LogP) is 2.92. The summed E-state index contributed by atoms with van der Waals surface area (Å²) in [7, 11) is 0. The van der Waals surface area contributed by atoms with E-state index in [1.807, 2.05) is 10.7 Å². The number of anilines is 3. The van der Waals surface area contributed by atoms with Crippen LogP contribution >= 0.6 is 0 Å². The lowest BCUT2D eigenvalue weighted by atomic mass is 9.77. The molecule has 0 unspecified atom stereocenters. The molecule has 11 nitrogen and oxygen atoms in total. The molecule has 1 saturated carbocycles. The fraction of sp³-hybridized carbons (Fsp3) is 0.400. The van der Waals surface area contributed by atoms with Crippen LogP contribution in [0, 0.1) is 0 Å². The molecule has 4 heterocycles. The number of rotatable bonds is 7. The quantitative estimate of drug-likeness (QED) is 0.408. The predicted molar refractivity (Wildman–Crippen MR) is 114 cm³/mol. The van der Waals surface area contributed by atoms with Crippen LogP contribution in [0.5, 0.6) is 0 Å². The van der Waals surface area contributed by atoms with Crippen LogP contribution in [-0.2, 0) is 0 Å². The molecule has 1 aliphatic carbocycles. The van der Waals surface area contributed by atoms with E-state index in [2.05, 4.69) is 54.7 Å². The molecule has 0 saturated heterocycles. The van der Waals surface area contributed by atoms with Gasteiger partial charge < -0.3 is 20.2 Å². The van der Waals surface area contributed by atoms with E-state index in [9.17, 15) is 5.11 Å². The first kappa shape index (κ1) is 19.4. The van der Waals surface area contributed by atoms with Crippen molar-refractivity contribution in [3.05, 3.63) is 31.1 Å². The number of hydrogen-bond donors (Lipinski definition) is 3. The van der Waals surface area contributed by atoms with Crippen LogP contribution in [-0.4, -0.2) is 52.2 Å². The van der Waals surface area contributed by atoms with Gasteiger partial charge in [0.1, 0.15) is 11.6 Å². The molecule has 0 aromatic carbocycles. The molecule has 0 amide bonds. The molecule has 0 aliphatic heterocycles. The third kappa shape index (κ3) is 3.56. The second kappa shape index (κ2) is 7.58. The average Bonchev–Trinajstić information content (AvgIpc) is 3.40. The van der Waals surface area contributed by atoms with E-state index in [0.717, 1.165) is 30.2 Å². The van der Waals surface area contributed by atoms with Gasteiger partial charge in [-0.3, -0.25) is 4.68 Å². The summed E-state index contributed by atoms with van der Waals surface area (Å²) in [5.41, 5.74) is 1.15. The lowest BCUT2D eigenvalue weighted by Gasteiger charge is -2.41. The lowest BCUT2D eigenvalue weighted by Crippen LogP contribution is -2.48.